The van der Waals surface area contributed by atoms with Crippen LogP contribution in [-0.4, -0.2) is 72.4 Å². The van der Waals surface area contributed by atoms with Gasteiger partial charge in [0.15, 0.2) is 23.0 Å². The predicted octanol–water partition coefficient (Wildman–Crippen LogP) is 0.888. The van der Waals surface area contributed by atoms with Crippen LogP contribution in [0.5, 0.6) is 23.0 Å². The lowest BCUT2D eigenvalue weighted by Gasteiger charge is -2.35. The number of fused-ring (bicyclic) bond motifs is 2. The number of rotatable bonds is 6. The summed E-state index contributed by atoms with van der Waals surface area (Å²) in [7, 11) is 0. The van der Waals surface area contributed by atoms with Crippen molar-refractivity contribution in [1.29, 1.82) is 0 Å². The number of hydrazone groups is 2. The summed E-state index contributed by atoms with van der Waals surface area (Å²) in [6.07, 6.45) is 3.33. The molecule has 0 spiro atoms. The van der Waals surface area contributed by atoms with Gasteiger partial charge in [0.05, 0.1) is 12.4 Å². The number of nitrogens with zero attached hydrogens (tertiary/aromatic N) is 4. The van der Waals surface area contributed by atoms with Gasteiger partial charge in [0, 0.05) is 26.2 Å². The molecule has 0 amide bonds. The summed E-state index contributed by atoms with van der Waals surface area (Å²) in [6.45, 7) is 3.38. The molecule has 3 aliphatic rings. The summed E-state index contributed by atoms with van der Waals surface area (Å²) in [5.74, 6) is 2.88. The molecule has 0 bridgehead atoms. The maximum atomic E-state index is 5.37. The molecule has 3 aliphatic heterocycles. The maximum Gasteiger partial charge on any atom is 0.231 e. The Kier molecular flexibility index (Phi) is 7.56. The van der Waals surface area contributed by atoms with Crippen LogP contribution in [0.1, 0.15) is 11.1 Å². The first-order chi connectivity index (χ1) is 17.6. The zero-order valence-corrected chi connectivity index (χ0v) is 20.7. The number of piperazine rings is 1. The highest BCUT2D eigenvalue weighted by Gasteiger charge is 2.18. The van der Waals surface area contributed by atoms with Crippen molar-refractivity contribution in [1.82, 2.24) is 31.7 Å². The third-order valence-corrected chi connectivity index (χ3v) is 5.72. The van der Waals surface area contributed by atoms with Crippen molar-refractivity contribution < 1.29 is 18.9 Å². The van der Waals surface area contributed by atoms with Gasteiger partial charge in [-0.1, -0.05) is 0 Å². The zero-order valence-electron chi connectivity index (χ0n) is 19.1. The van der Waals surface area contributed by atoms with Crippen molar-refractivity contribution in [3.05, 3.63) is 47.5 Å². The van der Waals surface area contributed by atoms with Crippen molar-refractivity contribution in [3.63, 3.8) is 0 Å². The SMILES string of the molecule is S=C(N/N=C\c1ccc2c(c1)OCO2)NN1CCN(NC(=S)N/N=C/c2ccc3c(c2)OCO3)CC1. The highest BCUT2D eigenvalue weighted by atomic mass is 32.1. The fourth-order valence-electron chi connectivity index (χ4n) is 3.59. The molecule has 0 saturated carbocycles. The van der Waals surface area contributed by atoms with Crippen LogP contribution in [0.2, 0.25) is 0 Å². The smallest absolute Gasteiger partial charge is 0.231 e. The third kappa shape index (κ3) is 6.28. The van der Waals surface area contributed by atoms with Gasteiger partial charge in [0.25, 0.3) is 0 Å². The normalized spacial score (nSPS) is 16.9. The van der Waals surface area contributed by atoms with Crippen LogP contribution in [0, 0.1) is 0 Å². The second-order valence-corrected chi connectivity index (χ2v) is 8.64. The first-order valence-electron chi connectivity index (χ1n) is 11.1. The van der Waals surface area contributed by atoms with E-state index in [1.807, 2.05) is 46.4 Å². The van der Waals surface area contributed by atoms with Gasteiger partial charge >= 0.3 is 0 Å². The maximum absolute atomic E-state index is 5.37. The summed E-state index contributed by atoms with van der Waals surface area (Å²) in [6, 6.07) is 11.2. The zero-order chi connectivity index (χ0) is 24.7. The van der Waals surface area contributed by atoms with Gasteiger partial charge in [-0.3, -0.25) is 21.7 Å². The first kappa shape index (κ1) is 24.0. The van der Waals surface area contributed by atoms with Gasteiger partial charge in [-0.15, -0.1) is 0 Å². The lowest BCUT2D eigenvalue weighted by atomic mass is 10.2. The van der Waals surface area contributed by atoms with Crippen molar-refractivity contribution in [2.75, 3.05) is 39.8 Å². The van der Waals surface area contributed by atoms with Gasteiger partial charge in [0.1, 0.15) is 0 Å². The Morgan fingerprint density at radius 2 is 1.08 bits per heavy atom. The molecule has 0 aliphatic carbocycles. The largest absolute Gasteiger partial charge is 0.454 e. The molecule has 36 heavy (non-hydrogen) atoms. The monoisotopic (exact) mass is 528 g/mol. The Labute approximate surface area is 218 Å². The summed E-state index contributed by atoms with van der Waals surface area (Å²) in [5.41, 5.74) is 13.7. The molecule has 1 fully saturated rings. The molecule has 1 saturated heterocycles. The molecule has 2 aromatic rings. The molecule has 0 radical (unpaired) electrons. The molecule has 12 nitrogen and oxygen atoms in total. The fourth-order valence-corrected chi connectivity index (χ4v) is 3.95. The minimum Gasteiger partial charge on any atom is -0.454 e. The van der Waals surface area contributed by atoms with Crippen molar-refractivity contribution in [2.45, 2.75) is 0 Å². The summed E-state index contributed by atoms with van der Waals surface area (Å²) in [5, 5.41) is 13.2. The molecule has 4 N–H and O–H groups in total. The Bertz CT molecular complexity index is 1100. The molecule has 3 heterocycles. The summed E-state index contributed by atoms with van der Waals surface area (Å²) in [4.78, 5) is 0. The van der Waals surface area contributed by atoms with E-state index in [1.54, 1.807) is 12.4 Å². The van der Waals surface area contributed by atoms with Crippen LogP contribution >= 0.6 is 24.4 Å². The molecule has 0 atom stereocenters. The van der Waals surface area contributed by atoms with Crippen LogP contribution < -0.4 is 40.7 Å². The number of nitrogens with one attached hydrogen (secondary N) is 4. The molecular weight excluding hydrogens is 504 g/mol. The average Bonchev–Trinajstić information content (AvgIpc) is 3.54. The number of hydrogen-bond acceptors (Lipinski definition) is 10. The number of ether oxygens (including phenoxy) is 4. The van der Waals surface area contributed by atoms with Crippen LogP contribution in [0.25, 0.3) is 0 Å². The molecule has 0 unspecified atom stereocenters. The quantitative estimate of drug-likeness (QED) is 0.242. The van der Waals surface area contributed by atoms with E-state index in [2.05, 4.69) is 31.9 Å². The highest BCUT2D eigenvalue weighted by molar-refractivity contribution is 7.80. The van der Waals surface area contributed by atoms with Crippen LogP contribution in [0.4, 0.5) is 0 Å². The van der Waals surface area contributed by atoms with E-state index in [0.29, 0.717) is 21.7 Å². The average molecular weight is 529 g/mol. The number of thiocarbonyl (C=S) groups is 2. The Morgan fingerprint density at radius 3 is 1.53 bits per heavy atom. The third-order valence-electron chi connectivity index (χ3n) is 5.35. The minimum atomic E-state index is 0.240. The van der Waals surface area contributed by atoms with Crippen molar-refractivity contribution in [2.24, 2.45) is 10.2 Å². The van der Waals surface area contributed by atoms with Gasteiger partial charge in [-0.05, 0) is 72.0 Å². The Morgan fingerprint density at radius 1 is 0.667 bits per heavy atom. The minimum absolute atomic E-state index is 0.240. The second-order valence-electron chi connectivity index (χ2n) is 7.82. The van der Waals surface area contributed by atoms with E-state index in [4.69, 9.17) is 43.4 Å². The lowest BCUT2D eigenvalue weighted by Crippen LogP contribution is -2.59. The second kappa shape index (κ2) is 11.3. The van der Waals surface area contributed by atoms with Crippen LogP contribution in [-0.2, 0) is 0 Å². The van der Waals surface area contributed by atoms with Gasteiger partial charge in [0.2, 0.25) is 23.8 Å². The number of benzene rings is 2. The van der Waals surface area contributed by atoms with E-state index in [9.17, 15) is 0 Å². The number of hydrogen-bond donors (Lipinski definition) is 4. The van der Waals surface area contributed by atoms with Crippen molar-refractivity contribution in [3.8, 4) is 23.0 Å². The highest BCUT2D eigenvalue weighted by Crippen LogP contribution is 2.32. The summed E-state index contributed by atoms with van der Waals surface area (Å²) < 4.78 is 21.3. The first-order valence-corrected chi connectivity index (χ1v) is 11.9. The predicted molar refractivity (Wildman–Crippen MR) is 141 cm³/mol. The van der Waals surface area contributed by atoms with E-state index in [0.717, 1.165) is 48.8 Å². The molecular formula is C22H24N8O4S2. The fraction of sp³-hybridized carbons (Fsp3) is 0.273. The molecule has 188 valence electrons. The van der Waals surface area contributed by atoms with Crippen molar-refractivity contribution >= 4 is 47.1 Å². The molecule has 5 rings (SSSR count). The van der Waals surface area contributed by atoms with Gasteiger partial charge in [-0.2, -0.15) is 10.2 Å². The molecule has 14 heteroatoms. The van der Waals surface area contributed by atoms with Crippen LogP contribution in [0.3, 0.4) is 0 Å². The van der Waals surface area contributed by atoms with E-state index < -0.39 is 0 Å². The topological polar surface area (TPSA) is 116 Å². The lowest BCUT2D eigenvalue weighted by molar-refractivity contribution is 0.0936. The molecule has 2 aromatic carbocycles. The van der Waals surface area contributed by atoms with E-state index in [1.165, 1.54) is 0 Å². The van der Waals surface area contributed by atoms with E-state index >= 15 is 0 Å². The summed E-state index contributed by atoms with van der Waals surface area (Å²) >= 11 is 10.7. The molecule has 0 aromatic heterocycles. The van der Waals surface area contributed by atoms with E-state index in [-0.39, 0.29) is 13.6 Å². The van der Waals surface area contributed by atoms with Crippen LogP contribution in [0.15, 0.2) is 46.6 Å². The Hall–Kier alpha value is -3.72. The van der Waals surface area contributed by atoms with Gasteiger partial charge in [-0.25, -0.2) is 10.0 Å². The Balaban J connectivity index is 0.983. The standard InChI is InChI=1S/C22H24N8O4S2/c35-21(25-23-11-15-1-3-17-19(9-15)33-13-31-17)27-29-5-7-30(8-6-29)28-22(36)26-24-12-16-2-4-18-20(10-16)34-14-32-18/h1-4,9-12H,5-8,13-14H2,(H2,25,27,35)(H2,26,28,36)/b23-11-,24-12+. The number of hydrazine groups is 2. The van der Waals surface area contributed by atoms with Gasteiger partial charge < -0.3 is 18.9 Å².